The van der Waals surface area contributed by atoms with Crippen molar-refractivity contribution in [2.24, 2.45) is 5.92 Å². The summed E-state index contributed by atoms with van der Waals surface area (Å²) in [7, 11) is 1.59. The summed E-state index contributed by atoms with van der Waals surface area (Å²) in [5.41, 5.74) is 1.30. The Morgan fingerprint density at radius 2 is 1.85 bits per heavy atom. The van der Waals surface area contributed by atoms with Gasteiger partial charge in [-0.1, -0.05) is 13.8 Å². The van der Waals surface area contributed by atoms with Crippen molar-refractivity contribution in [3.63, 3.8) is 0 Å². The Hall–Kier alpha value is -1.49. The number of carbonyl (C=O) groups is 2. The monoisotopic (exact) mass is 294 g/mol. The fourth-order valence-corrected chi connectivity index (χ4v) is 2.57. The highest BCUT2D eigenvalue weighted by Crippen LogP contribution is 2.12. The lowest BCUT2D eigenvalue weighted by Gasteiger charge is -2.07. The third kappa shape index (κ3) is 6.10. The van der Waals surface area contributed by atoms with Crippen LogP contribution in [0, 0.1) is 5.92 Å². The van der Waals surface area contributed by atoms with Crippen molar-refractivity contribution in [3.05, 3.63) is 29.8 Å². The van der Waals surface area contributed by atoms with Gasteiger partial charge >= 0.3 is 0 Å². The molecule has 4 nitrogen and oxygen atoms in total. The lowest BCUT2D eigenvalue weighted by Crippen LogP contribution is -2.18. The predicted octanol–water partition coefficient (Wildman–Crippen LogP) is 2.76. The minimum Gasteiger partial charge on any atom is -0.355 e. The largest absolute Gasteiger partial charge is 0.355 e. The number of carbonyl (C=O) groups excluding carboxylic acids is 2. The van der Waals surface area contributed by atoms with Crippen molar-refractivity contribution >= 4 is 29.3 Å². The molecule has 5 heteroatoms. The number of thioether (sulfide) groups is 1. The van der Waals surface area contributed by atoms with Crippen LogP contribution in [-0.4, -0.2) is 30.4 Å². The summed E-state index contributed by atoms with van der Waals surface area (Å²) in [4.78, 5) is 23.1. The van der Waals surface area contributed by atoms with Gasteiger partial charge in [-0.3, -0.25) is 9.59 Å². The summed E-state index contributed by atoms with van der Waals surface area (Å²) in [5.74, 6) is 1.99. The minimum atomic E-state index is -0.132. The van der Waals surface area contributed by atoms with E-state index in [1.165, 1.54) is 0 Å². The van der Waals surface area contributed by atoms with Crippen LogP contribution in [0.15, 0.2) is 24.3 Å². The fraction of sp³-hybridized carbons (Fsp3) is 0.467. The predicted molar refractivity (Wildman–Crippen MR) is 85.2 cm³/mol. The van der Waals surface area contributed by atoms with Gasteiger partial charge in [-0.25, -0.2) is 0 Å². The first-order chi connectivity index (χ1) is 9.52. The highest BCUT2D eigenvalue weighted by atomic mass is 32.2. The van der Waals surface area contributed by atoms with Gasteiger partial charge in [0.15, 0.2) is 0 Å². The molecule has 0 spiro atoms. The van der Waals surface area contributed by atoms with Gasteiger partial charge in [0.05, 0.1) is 5.75 Å². The summed E-state index contributed by atoms with van der Waals surface area (Å²) >= 11 is 1.64. The average Bonchev–Trinajstić information content (AvgIpc) is 2.43. The van der Waals surface area contributed by atoms with Crippen molar-refractivity contribution in [1.82, 2.24) is 5.32 Å². The van der Waals surface area contributed by atoms with Crippen LogP contribution in [0.5, 0.6) is 0 Å². The first kappa shape index (κ1) is 16.6. The number of benzene rings is 1. The Labute approximate surface area is 124 Å². The van der Waals surface area contributed by atoms with E-state index >= 15 is 0 Å². The van der Waals surface area contributed by atoms with E-state index in [0.717, 1.165) is 12.2 Å². The first-order valence-corrected chi connectivity index (χ1v) is 7.88. The molecule has 110 valence electrons. The van der Waals surface area contributed by atoms with E-state index in [1.54, 1.807) is 43.1 Å². The maximum atomic E-state index is 11.7. The average molecular weight is 294 g/mol. The third-order valence-electron chi connectivity index (χ3n) is 2.73. The Morgan fingerprint density at radius 1 is 1.20 bits per heavy atom. The zero-order chi connectivity index (χ0) is 15.0. The highest BCUT2D eigenvalue weighted by molar-refractivity contribution is 7.99. The molecule has 0 atom stereocenters. The van der Waals surface area contributed by atoms with Crippen molar-refractivity contribution < 1.29 is 9.59 Å². The number of rotatable bonds is 7. The summed E-state index contributed by atoms with van der Waals surface area (Å²) in [6.45, 7) is 4.35. The van der Waals surface area contributed by atoms with Crippen molar-refractivity contribution in [2.75, 3.05) is 23.9 Å². The van der Waals surface area contributed by atoms with E-state index in [1.807, 2.05) is 0 Å². The van der Waals surface area contributed by atoms with Crippen LogP contribution >= 0.6 is 11.8 Å². The lowest BCUT2D eigenvalue weighted by atomic mass is 10.2. The maximum Gasteiger partial charge on any atom is 0.251 e. The Kier molecular flexibility index (Phi) is 7.15. The molecule has 0 saturated heterocycles. The Bertz CT molecular complexity index is 444. The molecule has 0 unspecified atom stereocenters. The molecule has 2 amide bonds. The van der Waals surface area contributed by atoms with Gasteiger partial charge in [0.1, 0.15) is 0 Å². The van der Waals surface area contributed by atoms with Crippen LogP contribution in [0.1, 0.15) is 30.6 Å². The molecule has 0 aliphatic heterocycles. The van der Waals surface area contributed by atoms with Gasteiger partial charge in [-0.15, -0.1) is 0 Å². The van der Waals surface area contributed by atoms with E-state index in [2.05, 4.69) is 24.5 Å². The molecule has 2 N–H and O–H groups in total. The van der Waals surface area contributed by atoms with E-state index < -0.39 is 0 Å². The third-order valence-corrected chi connectivity index (χ3v) is 3.72. The second-order valence-corrected chi connectivity index (χ2v) is 6.04. The van der Waals surface area contributed by atoms with Crippen LogP contribution in [0.4, 0.5) is 5.69 Å². The molecule has 1 aromatic rings. The second-order valence-electron chi connectivity index (χ2n) is 4.94. The molecular formula is C15H22N2O2S. The van der Waals surface area contributed by atoms with E-state index in [0.29, 0.717) is 22.9 Å². The smallest absolute Gasteiger partial charge is 0.251 e. The topological polar surface area (TPSA) is 58.2 Å². The molecule has 1 aromatic carbocycles. The van der Waals surface area contributed by atoms with Crippen LogP contribution < -0.4 is 10.6 Å². The van der Waals surface area contributed by atoms with E-state index in [9.17, 15) is 9.59 Å². The zero-order valence-electron chi connectivity index (χ0n) is 12.2. The Morgan fingerprint density at radius 3 is 2.40 bits per heavy atom. The molecule has 20 heavy (non-hydrogen) atoms. The fourth-order valence-electron chi connectivity index (χ4n) is 1.53. The number of hydrogen-bond acceptors (Lipinski definition) is 3. The van der Waals surface area contributed by atoms with Crippen molar-refractivity contribution in [1.29, 1.82) is 0 Å². The summed E-state index contributed by atoms with van der Waals surface area (Å²) in [5, 5.41) is 5.38. The number of hydrogen-bond donors (Lipinski definition) is 2. The molecule has 0 radical (unpaired) electrons. The molecule has 0 aliphatic carbocycles. The van der Waals surface area contributed by atoms with Gasteiger partial charge in [0.25, 0.3) is 5.91 Å². The molecule has 0 aromatic heterocycles. The quantitative estimate of drug-likeness (QED) is 0.760. The van der Waals surface area contributed by atoms with Crippen molar-refractivity contribution in [3.8, 4) is 0 Å². The number of nitrogens with one attached hydrogen (secondary N) is 2. The summed E-state index contributed by atoms with van der Waals surface area (Å²) < 4.78 is 0. The first-order valence-electron chi connectivity index (χ1n) is 6.72. The summed E-state index contributed by atoms with van der Waals surface area (Å²) in [6, 6.07) is 6.86. The molecule has 0 saturated carbocycles. The van der Waals surface area contributed by atoms with E-state index in [-0.39, 0.29) is 11.8 Å². The normalized spacial score (nSPS) is 10.4. The van der Waals surface area contributed by atoms with Crippen LogP contribution in [0.2, 0.25) is 0 Å². The SMILES string of the molecule is CNC(=O)c1ccc(NC(=O)CSCCC(C)C)cc1. The molecule has 0 heterocycles. The number of amides is 2. The van der Waals surface area contributed by atoms with Gasteiger partial charge in [0, 0.05) is 18.3 Å². The molecule has 0 aliphatic rings. The highest BCUT2D eigenvalue weighted by Gasteiger charge is 2.05. The Balaban J connectivity index is 2.36. The molecule has 0 fully saturated rings. The van der Waals surface area contributed by atoms with Gasteiger partial charge in [0.2, 0.25) is 5.91 Å². The van der Waals surface area contributed by atoms with E-state index in [4.69, 9.17) is 0 Å². The second kappa shape index (κ2) is 8.64. The molecule has 0 bridgehead atoms. The molecule has 1 rings (SSSR count). The van der Waals surface area contributed by atoms with Crippen LogP contribution in [0.25, 0.3) is 0 Å². The van der Waals surface area contributed by atoms with Crippen LogP contribution in [0.3, 0.4) is 0 Å². The van der Waals surface area contributed by atoms with Gasteiger partial charge in [-0.05, 0) is 42.4 Å². The summed E-state index contributed by atoms with van der Waals surface area (Å²) in [6.07, 6.45) is 1.12. The zero-order valence-corrected chi connectivity index (χ0v) is 13.0. The maximum absolute atomic E-state index is 11.7. The standard InChI is InChI=1S/C15H22N2O2S/c1-11(2)8-9-20-10-14(18)17-13-6-4-12(5-7-13)15(19)16-3/h4-7,11H,8-10H2,1-3H3,(H,16,19)(H,17,18). The molecular weight excluding hydrogens is 272 g/mol. The lowest BCUT2D eigenvalue weighted by molar-refractivity contribution is -0.113. The van der Waals surface area contributed by atoms with Crippen LogP contribution in [-0.2, 0) is 4.79 Å². The van der Waals surface area contributed by atoms with Crippen molar-refractivity contribution in [2.45, 2.75) is 20.3 Å². The van der Waals surface area contributed by atoms with Gasteiger partial charge in [-0.2, -0.15) is 11.8 Å². The minimum absolute atomic E-state index is 0.00792. The number of anilines is 1. The van der Waals surface area contributed by atoms with Gasteiger partial charge < -0.3 is 10.6 Å².